The van der Waals surface area contributed by atoms with Crippen molar-refractivity contribution in [2.24, 2.45) is 0 Å². The van der Waals surface area contributed by atoms with E-state index in [1.807, 2.05) is 0 Å². The summed E-state index contributed by atoms with van der Waals surface area (Å²) in [6.07, 6.45) is 0. The van der Waals surface area contributed by atoms with E-state index in [0.29, 0.717) is 0 Å². The Labute approximate surface area is 95.8 Å². The number of carboxylic acid groups (broad SMARTS) is 1. The minimum Gasteiger partial charge on any atom is -0.549 e. The smallest absolute Gasteiger partial charge is 0.0757 e. The van der Waals surface area contributed by atoms with Gasteiger partial charge in [0.1, 0.15) is 0 Å². The first-order valence-electron chi connectivity index (χ1n) is 5.12. The summed E-state index contributed by atoms with van der Waals surface area (Å²) in [5, 5.41) is 9.13. The van der Waals surface area contributed by atoms with Gasteiger partial charge in [-0.15, -0.1) is 0 Å². The maximum atomic E-state index is 9.21. The van der Waals surface area contributed by atoms with Crippen LogP contribution in [0, 0.1) is 0 Å². The number of quaternary nitrogens is 1. The van der Waals surface area contributed by atoms with Gasteiger partial charge in [-0.25, -0.2) is 0 Å². The van der Waals surface area contributed by atoms with E-state index >= 15 is 0 Å². The second-order valence-corrected chi connectivity index (χ2v) is 3.67. The Balaban J connectivity index is 0. The second-order valence-electron chi connectivity index (χ2n) is 3.11. The van der Waals surface area contributed by atoms with Crippen LogP contribution >= 0.6 is 15.9 Å². The van der Waals surface area contributed by atoms with Crippen molar-refractivity contribution in [3.05, 3.63) is 0 Å². The molecule has 0 heterocycles. The number of carbonyl (C=O) groups is 1. The van der Waals surface area contributed by atoms with E-state index in [4.69, 9.17) is 0 Å². The van der Waals surface area contributed by atoms with Crippen LogP contribution < -0.4 is 5.11 Å². The molecule has 0 saturated carbocycles. The first kappa shape index (κ1) is 16.3. The topological polar surface area (TPSA) is 40.1 Å². The van der Waals surface area contributed by atoms with Crippen molar-refractivity contribution in [3.63, 3.8) is 0 Å². The van der Waals surface area contributed by atoms with Gasteiger partial charge in [0.15, 0.2) is 0 Å². The molecule has 0 fully saturated rings. The number of aliphatic carboxylic acids is 1. The summed E-state index contributed by atoms with van der Waals surface area (Å²) in [5.41, 5.74) is 0. The third kappa shape index (κ3) is 7.33. The van der Waals surface area contributed by atoms with Crippen molar-refractivity contribution in [3.8, 4) is 0 Å². The SMILES string of the molecule is CC[N+](CC)(CC)CC.O=C([O-])CBr. The number of rotatable bonds is 5. The predicted molar refractivity (Wildman–Crippen MR) is 61.2 cm³/mol. The van der Waals surface area contributed by atoms with E-state index in [9.17, 15) is 9.90 Å². The minimum atomic E-state index is -1.08. The molecule has 0 atom stereocenters. The quantitative estimate of drug-likeness (QED) is 0.551. The molecule has 0 amide bonds. The lowest BCUT2D eigenvalue weighted by atomic mass is 10.3. The molecule has 0 aliphatic carbocycles. The van der Waals surface area contributed by atoms with Gasteiger partial charge in [-0.1, -0.05) is 15.9 Å². The largest absolute Gasteiger partial charge is 0.549 e. The average molecular weight is 268 g/mol. The van der Waals surface area contributed by atoms with Gasteiger partial charge >= 0.3 is 0 Å². The second kappa shape index (κ2) is 9.46. The molecular weight excluding hydrogens is 246 g/mol. The van der Waals surface area contributed by atoms with Crippen LogP contribution in [0.4, 0.5) is 0 Å². The van der Waals surface area contributed by atoms with E-state index in [0.717, 1.165) is 0 Å². The third-order valence-electron chi connectivity index (χ3n) is 2.79. The predicted octanol–water partition coefficient (Wildman–Crippen LogP) is 1.01. The van der Waals surface area contributed by atoms with E-state index < -0.39 is 5.97 Å². The molecule has 86 valence electrons. The highest BCUT2D eigenvalue weighted by Gasteiger charge is 2.16. The molecule has 0 aromatic carbocycles. The molecular formula is C10H22BrNO2. The highest BCUT2D eigenvalue weighted by molar-refractivity contribution is 9.09. The van der Waals surface area contributed by atoms with Crippen molar-refractivity contribution in [1.82, 2.24) is 0 Å². The standard InChI is InChI=1S/C8H20N.C2H3BrO2/c1-5-9(6-2,7-3)8-4;3-1-2(4)5/h5-8H2,1-4H3;1H2,(H,4,5)/q+1;/p-1. The first-order valence-corrected chi connectivity index (χ1v) is 6.24. The van der Waals surface area contributed by atoms with Crippen LogP contribution in [0.3, 0.4) is 0 Å². The molecule has 0 radical (unpaired) electrons. The van der Waals surface area contributed by atoms with Gasteiger partial charge in [0.05, 0.1) is 32.1 Å². The van der Waals surface area contributed by atoms with E-state index in [1.54, 1.807) is 0 Å². The highest BCUT2D eigenvalue weighted by Crippen LogP contribution is 2.03. The van der Waals surface area contributed by atoms with Crippen LogP contribution in [0.5, 0.6) is 0 Å². The molecule has 4 heteroatoms. The van der Waals surface area contributed by atoms with Crippen LogP contribution in [0.25, 0.3) is 0 Å². The van der Waals surface area contributed by atoms with E-state index in [2.05, 4.69) is 43.6 Å². The number of hydrogen-bond donors (Lipinski definition) is 0. The Morgan fingerprint density at radius 3 is 1.29 bits per heavy atom. The molecule has 0 aliphatic rings. The summed E-state index contributed by atoms with van der Waals surface area (Å²) in [7, 11) is 0. The fourth-order valence-electron chi connectivity index (χ4n) is 1.34. The summed E-state index contributed by atoms with van der Waals surface area (Å²) in [4.78, 5) is 9.21. The van der Waals surface area contributed by atoms with Gasteiger partial charge in [0.2, 0.25) is 0 Å². The lowest BCUT2D eigenvalue weighted by Crippen LogP contribution is -2.47. The number of carboxylic acids is 1. The Morgan fingerprint density at radius 1 is 1.07 bits per heavy atom. The number of carbonyl (C=O) groups excluding carboxylic acids is 1. The fraction of sp³-hybridized carbons (Fsp3) is 0.900. The zero-order valence-corrected chi connectivity index (χ0v) is 11.3. The van der Waals surface area contributed by atoms with Crippen LogP contribution in [-0.2, 0) is 4.79 Å². The molecule has 0 unspecified atom stereocenters. The molecule has 0 aromatic rings. The van der Waals surface area contributed by atoms with Gasteiger partial charge in [0, 0.05) is 5.33 Å². The monoisotopic (exact) mass is 267 g/mol. The van der Waals surface area contributed by atoms with Crippen LogP contribution in [0.1, 0.15) is 27.7 Å². The van der Waals surface area contributed by atoms with Gasteiger partial charge in [-0.2, -0.15) is 0 Å². The molecule has 0 spiro atoms. The minimum absolute atomic E-state index is 0.0764. The maximum Gasteiger partial charge on any atom is 0.0757 e. The summed E-state index contributed by atoms with van der Waals surface area (Å²) >= 11 is 2.65. The third-order valence-corrected chi connectivity index (χ3v) is 3.25. The molecule has 0 aliphatic heterocycles. The van der Waals surface area contributed by atoms with Gasteiger partial charge in [-0.3, -0.25) is 0 Å². The summed E-state index contributed by atoms with van der Waals surface area (Å²) in [6, 6.07) is 0. The molecule has 0 bridgehead atoms. The lowest BCUT2D eigenvalue weighted by molar-refractivity contribution is -0.921. The van der Waals surface area contributed by atoms with Gasteiger partial charge in [-0.05, 0) is 27.7 Å². The number of alkyl halides is 1. The summed E-state index contributed by atoms with van der Waals surface area (Å²) in [6.45, 7) is 14.2. The molecule has 0 aromatic heterocycles. The number of nitrogens with zero attached hydrogens (tertiary/aromatic N) is 1. The van der Waals surface area contributed by atoms with Crippen molar-refractivity contribution in [2.45, 2.75) is 27.7 Å². The van der Waals surface area contributed by atoms with Crippen molar-refractivity contribution >= 4 is 21.9 Å². The van der Waals surface area contributed by atoms with Crippen LogP contribution in [-0.4, -0.2) is 42.0 Å². The first-order chi connectivity index (χ1) is 6.51. The molecule has 0 rings (SSSR count). The Bertz CT molecular complexity index is 130. The molecule has 14 heavy (non-hydrogen) atoms. The normalized spacial score (nSPS) is 10.4. The summed E-state index contributed by atoms with van der Waals surface area (Å²) < 4.78 is 1.28. The molecule has 0 N–H and O–H groups in total. The summed E-state index contributed by atoms with van der Waals surface area (Å²) in [5.74, 6) is -1.08. The number of hydrogen-bond acceptors (Lipinski definition) is 2. The zero-order chi connectivity index (χ0) is 11.6. The van der Waals surface area contributed by atoms with Crippen molar-refractivity contribution in [2.75, 3.05) is 31.5 Å². The molecule has 0 saturated heterocycles. The highest BCUT2D eigenvalue weighted by atomic mass is 79.9. The van der Waals surface area contributed by atoms with Crippen LogP contribution in [0.15, 0.2) is 0 Å². The fourth-order valence-corrected chi connectivity index (χ4v) is 1.34. The van der Waals surface area contributed by atoms with E-state index in [-0.39, 0.29) is 5.33 Å². The average Bonchev–Trinajstić information content (AvgIpc) is 2.23. The Morgan fingerprint density at radius 2 is 1.29 bits per heavy atom. The Kier molecular flexibility index (Phi) is 11.0. The van der Waals surface area contributed by atoms with Crippen LogP contribution in [0.2, 0.25) is 0 Å². The maximum absolute atomic E-state index is 9.21. The van der Waals surface area contributed by atoms with Gasteiger partial charge < -0.3 is 14.4 Å². The Hall–Kier alpha value is -0.0900. The van der Waals surface area contributed by atoms with Gasteiger partial charge in [0.25, 0.3) is 0 Å². The van der Waals surface area contributed by atoms with E-state index in [1.165, 1.54) is 30.7 Å². The zero-order valence-electron chi connectivity index (χ0n) is 9.68. The van der Waals surface area contributed by atoms with Crippen molar-refractivity contribution < 1.29 is 14.4 Å². The molecule has 3 nitrogen and oxygen atoms in total. The number of halogens is 1. The van der Waals surface area contributed by atoms with Crippen molar-refractivity contribution in [1.29, 1.82) is 0 Å². The lowest BCUT2D eigenvalue weighted by Gasteiger charge is -2.34.